The van der Waals surface area contributed by atoms with E-state index in [-0.39, 0.29) is 0 Å². The molecule has 0 saturated carbocycles. The number of likely N-dealkylation sites (tertiary alicyclic amines) is 1. The smallest absolute Gasteiger partial charge is 0.0308 e. The lowest BCUT2D eigenvalue weighted by Gasteiger charge is -2.50. The van der Waals surface area contributed by atoms with E-state index in [9.17, 15) is 0 Å². The quantitative estimate of drug-likeness (QED) is 0.704. The van der Waals surface area contributed by atoms with E-state index in [0.717, 1.165) is 0 Å². The summed E-state index contributed by atoms with van der Waals surface area (Å²) in [4.78, 5) is 2.61. The standard InChI is InChI=1S/C11H24N2/c1-9(2)13-8-6-7-10(12-5)11(13,3)4/h9-10,12H,6-8H2,1-5H3. The Balaban J connectivity index is 2.74. The van der Waals surface area contributed by atoms with E-state index in [0.29, 0.717) is 17.6 Å². The molecule has 1 N–H and O–H groups in total. The van der Waals surface area contributed by atoms with Gasteiger partial charge in [-0.2, -0.15) is 0 Å². The lowest BCUT2D eigenvalue weighted by molar-refractivity contribution is 0.0199. The summed E-state index contributed by atoms with van der Waals surface area (Å²) in [6.07, 6.45) is 2.64. The van der Waals surface area contributed by atoms with E-state index in [4.69, 9.17) is 0 Å². The summed E-state index contributed by atoms with van der Waals surface area (Å²) in [6.45, 7) is 10.5. The predicted octanol–water partition coefficient (Wildman–Crippen LogP) is 1.86. The highest BCUT2D eigenvalue weighted by molar-refractivity contribution is 4.97. The van der Waals surface area contributed by atoms with Gasteiger partial charge in [-0.25, -0.2) is 0 Å². The van der Waals surface area contributed by atoms with Crippen LogP contribution in [0, 0.1) is 0 Å². The van der Waals surface area contributed by atoms with Crippen molar-refractivity contribution in [2.45, 2.75) is 58.2 Å². The van der Waals surface area contributed by atoms with Crippen molar-refractivity contribution in [2.75, 3.05) is 13.6 Å². The first kappa shape index (κ1) is 11.0. The van der Waals surface area contributed by atoms with Gasteiger partial charge in [0, 0.05) is 17.6 Å². The first-order valence-corrected chi connectivity index (χ1v) is 5.44. The summed E-state index contributed by atoms with van der Waals surface area (Å²) in [7, 11) is 2.08. The van der Waals surface area contributed by atoms with Gasteiger partial charge in [0.25, 0.3) is 0 Å². The molecule has 1 atom stereocenters. The fourth-order valence-electron chi connectivity index (χ4n) is 2.73. The minimum absolute atomic E-state index is 0.307. The molecule has 13 heavy (non-hydrogen) atoms. The maximum absolute atomic E-state index is 3.44. The zero-order chi connectivity index (χ0) is 10.1. The van der Waals surface area contributed by atoms with Crippen LogP contribution < -0.4 is 5.32 Å². The minimum atomic E-state index is 0.307. The molecule has 0 spiro atoms. The summed E-state index contributed by atoms with van der Waals surface area (Å²) in [5.41, 5.74) is 0.307. The van der Waals surface area contributed by atoms with Gasteiger partial charge in [0.05, 0.1) is 0 Å². The predicted molar refractivity (Wildman–Crippen MR) is 58.0 cm³/mol. The van der Waals surface area contributed by atoms with Gasteiger partial charge in [0.2, 0.25) is 0 Å². The average molecular weight is 184 g/mol. The molecule has 0 aliphatic carbocycles. The maximum Gasteiger partial charge on any atom is 0.0308 e. The van der Waals surface area contributed by atoms with Crippen LogP contribution in [0.15, 0.2) is 0 Å². The molecule has 1 unspecified atom stereocenters. The van der Waals surface area contributed by atoms with Crippen molar-refractivity contribution in [3.05, 3.63) is 0 Å². The van der Waals surface area contributed by atoms with Gasteiger partial charge in [0.15, 0.2) is 0 Å². The second-order valence-corrected chi connectivity index (χ2v) is 4.92. The molecule has 0 aromatic rings. The maximum atomic E-state index is 3.44. The van der Waals surface area contributed by atoms with Crippen molar-refractivity contribution >= 4 is 0 Å². The Morgan fingerprint density at radius 2 is 2.00 bits per heavy atom. The van der Waals surface area contributed by atoms with Gasteiger partial charge in [-0.1, -0.05) is 0 Å². The Kier molecular flexibility index (Phi) is 3.36. The normalized spacial score (nSPS) is 29.5. The third kappa shape index (κ3) is 2.05. The minimum Gasteiger partial charge on any atom is -0.315 e. The van der Waals surface area contributed by atoms with Crippen LogP contribution in [-0.4, -0.2) is 36.1 Å². The fourth-order valence-corrected chi connectivity index (χ4v) is 2.73. The van der Waals surface area contributed by atoms with E-state index in [2.05, 4.69) is 45.0 Å². The Morgan fingerprint density at radius 3 is 2.46 bits per heavy atom. The van der Waals surface area contributed by atoms with Crippen LogP contribution in [0.25, 0.3) is 0 Å². The largest absolute Gasteiger partial charge is 0.315 e. The molecule has 1 saturated heterocycles. The molecule has 0 amide bonds. The summed E-state index contributed by atoms with van der Waals surface area (Å²) in [5, 5.41) is 3.44. The van der Waals surface area contributed by atoms with Gasteiger partial charge in [-0.3, -0.25) is 4.90 Å². The molecule has 78 valence electrons. The van der Waals surface area contributed by atoms with Crippen molar-refractivity contribution in [1.29, 1.82) is 0 Å². The molecule has 2 heteroatoms. The van der Waals surface area contributed by atoms with Crippen LogP contribution >= 0.6 is 0 Å². The highest BCUT2D eigenvalue weighted by atomic mass is 15.2. The molecule has 1 rings (SSSR count). The molecule has 0 bridgehead atoms. The molecule has 2 nitrogen and oxygen atoms in total. The van der Waals surface area contributed by atoms with Gasteiger partial charge in [-0.05, 0) is 54.1 Å². The molecule has 1 heterocycles. The molecule has 1 aliphatic rings. The summed E-state index contributed by atoms with van der Waals surface area (Å²) in [5.74, 6) is 0. The second-order valence-electron chi connectivity index (χ2n) is 4.92. The number of nitrogens with one attached hydrogen (secondary N) is 1. The SMILES string of the molecule is CNC1CCCN(C(C)C)C1(C)C. The first-order chi connectivity index (χ1) is 6.00. The van der Waals surface area contributed by atoms with Gasteiger partial charge in [-0.15, -0.1) is 0 Å². The van der Waals surface area contributed by atoms with Crippen LogP contribution in [0.3, 0.4) is 0 Å². The van der Waals surface area contributed by atoms with Crippen molar-refractivity contribution in [2.24, 2.45) is 0 Å². The summed E-state index contributed by atoms with van der Waals surface area (Å²) >= 11 is 0. The number of likely N-dealkylation sites (N-methyl/N-ethyl adjacent to an activating group) is 1. The van der Waals surface area contributed by atoms with Gasteiger partial charge in [0.1, 0.15) is 0 Å². The Labute approximate surface area is 82.7 Å². The third-order valence-corrected chi connectivity index (χ3v) is 3.46. The lowest BCUT2D eigenvalue weighted by Crippen LogP contribution is -2.62. The van der Waals surface area contributed by atoms with Crippen molar-refractivity contribution < 1.29 is 0 Å². The number of hydrogen-bond donors (Lipinski definition) is 1. The fraction of sp³-hybridized carbons (Fsp3) is 1.00. The number of hydrogen-bond acceptors (Lipinski definition) is 2. The zero-order valence-corrected chi connectivity index (χ0v) is 9.72. The molecule has 0 aromatic carbocycles. The summed E-state index contributed by atoms with van der Waals surface area (Å²) in [6, 6.07) is 1.30. The van der Waals surface area contributed by atoms with E-state index in [1.54, 1.807) is 0 Å². The highest BCUT2D eigenvalue weighted by Crippen LogP contribution is 2.29. The molecular weight excluding hydrogens is 160 g/mol. The second kappa shape index (κ2) is 3.97. The Bertz CT molecular complexity index is 163. The molecule has 1 aliphatic heterocycles. The van der Waals surface area contributed by atoms with Crippen LogP contribution in [0.4, 0.5) is 0 Å². The van der Waals surface area contributed by atoms with Crippen LogP contribution in [0.1, 0.15) is 40.5 Å². The Hall–Kier alpha value is -0.0800. The van der Waals surface area contributed by atoms with Crippen LogP contribution in [0.2, 0.25) is 0 Å². The topological polar surface area (TPSA) is 15.3 Å². The average Bonchev–Trinajstić information content (AvgIpc) is 2.02. The lowest BCUT2D eigenvalue weighted by atomic mass is 9.84. The number of rotatable bonds is 2. The Morgan fingerprint density at radius 1 is 1.38 bits per heavy atom. The third-order valence-electron chi connectivity index (χ3n) is 3.46. The summed E-state index contributed by atoms with van der Waals surface area (Å²) < 4.78 is 0. The van der Waals surface area contributed by atoms with Crippen molar-refractivity contribution in [1.82, 2.24) is 10.2 Å². The van der Waals surface area contributed by atoms with Crippen LogP contribution in [-0.2, 0) is 0 Å². The van der Waals surface area contributed by atoms with Gasteiger partial charge >= 0.3 is 0 Å². The van der Waals surface area contributed by atoms with E-state index < -0.39 is 0 Å². The highest BCUT2D eigenvalue weighted by Gasteiger charge is 2.38. The van der Waals surface area contributed by atoms with E-state index >= 15 is 0 Å². The molecule has 0 radical (unpaired) electrons. The molecule has 1 fully saturated rings. The molecule has 0 aromatic heterocycles. The van der Waals surface area contributed by atoms with E-state index in [1.807, 2.05) is 0 Å². The van der Waals surface area contributed by atoms with Crippen molar-refractivity contribution in [3.8, 4) is 0 Å². The zero-order valence-electron chi connectivity index (χ0n) is 9.72. The van der Waals surface area contributed by atoms with Crippen LogP contribution in [0.5, 0.6) is 0 Å². The van der Waals surface area contributed by atoms with Crippen molar-refractivity contribution in [3.63, 3.8) is 0 Å². The number of nitrogens with zero attached hydrogens (tertiary/aromatic N) is 1. The van der Waals surface area contributed by atoms with Gasteiger partial charge < -0.3 is 5.32 Å². The first-order valence-electron chi connectivity index (χ1n) is 5.44. The number of piperidine rings is 1. The monoisotopic (exact) mass is 184 g/mol. The molecular formula is C11H24N2. The van der Waals surface area contributed by atoms with E-state index in [1.165, 1.54) is 19.4 Å².